The van der Waals surface area contributed by atoms with Crippen LogP contribution in [0.25, 0.3) is 22.4 Å². The number of anilines is 1. The molecule has 0 atom stereocenters. The molecule has 2 aromatic carbocycles. The second-order valence-electron chi connectivity index (χ2n) is 8.02. The number of hydrogen-bond donors (Lipinski definition) is 1. The molecular formula is C24H24N2O3. The Labute approximate surface area is 170 Å². The first-order valence-electron chi connectivity index (χ1n) is 10.3. The molecule has 0 aliphatic heterocycles. The van der Waals surface area contributed by atoms with Crippen molar-refractivity contribution < 1.29 is 14.1 Å². The number of hydrogen-bond acceptors (Lipinski definition) is 4. The van der Waals surface area contributed by atoms with Gasteiger partial charge in [0.2, 0.25) is 0 Å². The molecule has 5 nitrogen and oxygen atoms in total. The number of rotatable bonds is 5. The van der Waals surface area contributed by atoms with Crippen LogP contribution in [-0.2, 0) is 4.74 Å². The number of aryl methyl sites for hydroxylation is 1. The molecule has 3 aromatic rings. The summed E-state index contributed by atoms with van der Waals surface area (Å²) in [4.78, 5) is 12.2. The zero-order chi connectivity index (χ0) is 19.8. The maximum Gasteiger partial charge on any atom is 0.412 e. The highest BCUT2D eigenvalue weighted by atomic mass is 16.6. The monoisotopic (exact) mass is 388 g/mol. The highest BCUT2D eigenvalue weighted by Crippen LogP contribution is 2.40. The third kappa shape index (κ3) is 3.77. The summed E-state index contributed by atoms with van der Waals surface area (Å²) in [5.74, 6) is 1.33. The summed E-state index contributed by atoms with van der Waals surface area (Å²) in [6, 6.07) is 17.0. The molecule has 0 bridgehead atoms. The van der Waals surface area contributed by atoms with Gasteiger partial charge in [-0.2, -0.15) is 0 Å². The van der Waals surface area contributed by atoms with Crippen LogP contribution in [0.2, 0.25) is 0 Å². The third-order valence-corrected chi connectivity index (χ3v) is 5.87. The minimum absolute atomic E-state index is 0.0317. The van der Waals surface area contributed by atoms with Crippen molar-refractivity contribution in [3.05, 3.63) is 59.9 Å². The Kier molecular flexibility index (Phi) is 4.58. The van der Waals surface area contributed by atoms with Crippen molar-refractivity contribution in [1.29, 1.82) is 0 Å². The summed E-state index contributed by atoms with van der Waals surface area (Å²) in [5, 5.41) is 6.96. The minimum Gasteiger partial charge on any atom is -0.446 e. The average molecular weight is 388 g/mol. The molecule has 1 heterocycles. The molecule has 0 unspecified atom stereocenters. The molecule has 2 saturated carbocycles. The van der Waals surface area contributed by atoms with Gasteiger partial charge in [0.15, 0.2) is 5.76 Å². The molecule has 0 spiro atoms. The van der Waals surface area contributed by atoms with Crippen LogP contribution in [0.4, 0.5) is 10.5 Å². The van der Waals surface area contributed by atoms with E-state index in [0.717, 1.165) is 36.3 Å². The van der Waals surface area contributed by atoms with Gasteiger partial charge >= 0.3 is 6.09 Å². The zero-order valence-corrected chi connectivity index (χ0v) is 16.5. The Bertz CT molecular complexity index is 1010. The Morgan fingerprint density at radius 3 is 2.17 bits per heavy atom. The van der Waals surface area contributed by atoms with E-state index in [0.29, 0.717) is 17.1 Å². The first kappa shape index (κ1) is 18.0. The number of nitrogens with zero attached hydrogens (tertiary/aromatic N) is 1. The van der Waals surface area contributed by atoms with Gasteiger partial charge in [0.1, 0.15) is 17.5 Å². The van der Waals surface area contributed by atoms with E-state index in [4.69, 9.17) is 9.26 Å². The molecule has 1 N–H and O–H groups in total. The lowest BCUT2D eigenvalue weighted by molar-refractivity contribution is 0.0623. The normalized spacial score (nSPS) is 16.3. The van der Waals surface area contributed by atoms with Crippen molar-refractivity contribution in [3.8, 4) is 22.4 Å². The number of carbonyl (C=O) groups excluding carboxylic acids is 1. The van der Waals surface area contributed by atoms with E-state index in [1.807, 2.05) is 12.1 Å². The maximum atomic E-state index is 12.2. The van der Waals surface area contributed by atoms with Crippen molar-refractivity contribution >= 4 is 11.8 Å². The number of amides is 1. The van der Waals surface area contributed by atoms with Gasteiger partial charge < -0.3 is 9.26 Å². The summed E-state index contributed by atoms with van der Waals surface area (Å²) in [5.41, 5.74) is 5.85. The van der Waals surface area contributed by atoms with Crippen LogP contribution in [0.1, 0.15) is 49.3 Å². The smallest absolute Gasteiger partial charge is 0.412 e. The fraction of sp³-hybridized carbons (Fsp3) is 0.333. The van der Waals surface area contributed by atoms with E-state index in [-0.39, 0.29) is 6.10 Å². The fourth-order valence-electron chi connectivity index (χ4n) is 3.67. The molecule has 148 valence electrons. The van der Waals surface area contributed by atoms with Crippen LogP contribution in [0.5, 0.6) is 0 Å². The van der Waals surface area contributed by atoms with E-state index in [1.54, 1.807) is 6.92 Å². The lowest BCUT2D eigenvalue weighted by Gasteiger charge is -2.25. The van der Waals surface area contributed by atoms with Crippen molar-refractivity contribution in [2.45, 2.75) is 51.0 Å². The van der Waals surface area contributed by atoms with Crippen LogP contribution in [0.3, 0.4) is 0 Å². The van der Waals surface area contributed by atoms with Gasteiger partial charge in [-0.25, -0.2) is 4.79 Å². The van der Waals surface area contributed by atoms with Crippen molar-refractivity contribution in [2.75, 3.05) is 5.32 Å². The molecule has 2 fully saturated rings. The van der Waals surface area contributed by atoms with Gasteiger partial charge in [-0.05, 0) is 61.6 Å². The van der Waals surface area contributed by atoms with E-state index in [2.05, 4.69) is 46.9 Å². The van der Waals surface area contributed by atoms with Gasteiger partial charge in [-0.3, -0.25) is 5.32 Å². The van der Waals surface area contributed by atoms with Crippen molar-refractivity contribution in [3.63, 3.8) is 0 Å². The predicted molar refractivity (Wildman–Crippen MR) is 112 cm³/mol. The van der Waals surface area contributed by atoms with E-state index < -0.39 is 6.09 Å². The lowest BCUT2D eigenvalue weighted by Crippen LogP contribution is -2.27. The maximum absolute atomic E-state index is 12.2. The second-order valence-corrected chi connectivity index (χ2v) is 8.02. The summed E-state index contributed by atoms with van der Waals surface area (Å²) in [6.07, 6.45) is 5.20. The SMILES string of the molecule is Cc1onc(-c2ccc(-c3ccc(C4CC4)cc3)cc2)c1NC(=O)OC1CCC1. The molecular weight excluding hydrogens is 364 g/mol. The Morgan fingerprint density at radius 2 is 1.59 bits per heavy atom. The van der Waals surface area contributed by atoms with Crippen LogP contribution in [0, 0.1) is 6.92 Å². The molecule has 1 aromatic heterocycles. The van der Waals surface area contributed by atoms with Crippen LogP contribution >= 0.6 is 0 Å². The average Bonchev–Trinajstić information content (AvgIpc) is 3.50. The highest BCUT2D eigenvalue weighted by Gasteiger charge is 2.24. The topological polar surface area (TPSA) is 64.4 Å². The Balaban J connectivity index is 1.33. The number of carbonyl (C=O) groups is 1. The summed E-state index contributed by atoms with van der Waals surface area (Å²) < 4.78 is 10.7. The minimum atomic E-state index is -0.449. The molecule has 5 rings (SSSR count). The van der Waals surface area contributed by atoms with Gasteiger partial charge in [0, 0.05) is 5.56 Å². The number of aromatic nitrogens is 1. The van der Waals surface area contributed by atoms with Gasteiger partial charge in [0.05, 0.1) is 0 Å². The first-order valence-corrected chi connectivity index (χ1v) is 10.3. The second kappa shape index (κ2) is 7.39. The summed E-state index contributed by atoms with van der Waals surface area (Å²) in [7, 11) is 0. The predicted octanol–water partition coefficient (Wildman–Crippen LogP) is 6.30. The number of nitrogens with one attached hydrogen (secondary N) is 1. The highest BCUT2D eigenvalue weighted by molar-refractivity contribution is 5.91. The number of ether oxygens (including phenoxy) is 1. The summed E-state index contributed by atoms with van der Waals surface area (Å²) in [6.45, 7) is 1.78. The Hall–Kier alpha value is -3.08. The molecule has 0 saturated heterocycles. The van der Waals surface area contributed by atoms with E-state index in [9.17, 15) is 4.79 Å². The fourth-order valence-corrected chi connectivity index (χ4v) is 3.67. The van der Waals surface area contributed by atoms with E-state index >= 15 is 0 Å². The molecule has 2 aliphatic carbocycles. The molecule has 29 heavy (non-hydrogen) atoms. The largest absolute Gasteiger partial charge is 0.446 e. The van der Waals surface area contributed by atoms with Crippen LogP contribution in [0.15, 0.2) is 53.1 Å². The molecule has 5 heteroatoms. The summed E-state index contributed by atoms with van der Waals surface area (Å²) >= 11 is 0. The lowest BCUT2D eigenvalue weighted by atomic mass is 9.96. The first-order chi connectivity index (χ1) is 14.2. The molecule has 1 amide bonds. The van der Waals surface area contributed by atoms with Crippen LogP contribution < -0.4 is 5.32 Å². The third-order valence-electron chi connectivity index (χ3n) is 5.87. The standard InChI is InChI=1S/C24H24N2O3/c1-15-22(25-24(27)28-21-3-2-4-21)23(26-29-15)20-13-11-19(12-14-20)18-9-7-17(8-10-18)16-5-6-16/h7-14,16,21H,2-6H2,1H3,(H,25,27). The van der Waals surface area contributed by atoms with Gasteiger partial charge in [-0.1, -0.05) is 53.7 Å². The quantitative estimate of drug-likeness (QED) is 0.557. The van der Waals surface area contributed by atoms with Gasteiger partial charge in [0.25, 0.3) is 0 Å². The number of benzene rings is 2. The molecule has 2 aliphatic rings. The zero-order valence-electron chi connectivity index (χ0n) is 16.5. The van der Waals surface area contributed by atoms with Crippen molar-refractivity contribution in [1.82, 2.24) is 5.16 Å². The van der Waals surface area contributed by atoms with Gasteiger partial charge in [-0.15, -0.1) is 0 Å². The van der Waals surface area contributed by atoms with Crippen molar-refractivity contribution in [2.24, 2.45) is 0 Å². The van der Waals surface area contributed by atoms with Crippen LogP contribution in [-0.4, -0.2) is 17.4 Å². The molecule has 0 radical (unpaired) electrons. The van der Waals surface area contributed by atoms with E-state index in [1.165, 1.54) is 24.0 Å². The Morgan fingerprint density at radius 1 is 0.966 bits per heavy atom.